The quantitative estimate of drug-likeness (QED) is 0.454. The van der Waals surface area contributed by atoms with Crippen molar-refractivity contribution in [2.75, 3.05) is 0 Å². The van der Waals surface area contributed by atoms with E-state index in [1.807, 2.05) is 0 Å². The van der Waals surface area contributed by atoms with Crippen molar-refractivity contribution in [3.63, 3.8) is 0 Å². The highest BCUT2D eigenvalue weighted by molar-refractivity contribution is 6.31. The van der Waals surface area contributed by atoms with Crippen LogP contribution in [0.25, 0.3) is 0 Å². The molecular weight excluding hydrogens is 106 g/mol. The minimum Gasteiger partial charge on any atom is -0.381 e. The lowest BCUT2D eigenvalue weighted by atomic mass is 10.1. The number of hydrogen-bond donors (Lipinski definition) is 0. The summed E-state index contributed by atoms with van der Waals surface area (Å²) in [6.07, 6.45) is 1.19. The van der Waals surface area contributed by atoms with Crippen LogP contribution in [0.4, 0.5) is 0 Å². The first-order valence-corrected chi connectivity index (χ1v) is 2.39. The summed E-state index contributed by atoms with van der Waals surface area (Å²) < 4.78 is 0. The van der Waals surface area contributed by atoms with Gasteiger partial charge in [-0.2, -0.15) is 0 Å². The van der Waals surface area contributed by atoms with Crippen LogP contribution in [-0.2, 0) is 9.63 Å². The van der Waals surface area contributed by atoms with E-state index in [0.29, 0.717) is 0 Å². The van der Waals surface area contributed by atoms with Gasteiger partial charge in [0.15, 0.2) is 5.60 Å². The predicted molar refractivity (Wildman–Crippen MR) is 28.7 cm³/mol. The molecule has 1 aliphatic heterocycles. The molecule has 0 N–H and O–H groups in total. The van der Waals surface area contributed by atoms with Crippen molar-refractivity contribution in [2.45, 2.75) is 19.4 Å². The molecule has 0 saturated carbocycles. The van der Waals surface area contributed by atoms with Gasteiger partial charge in [0, 0.05) is 0 Å². The molecule has 0 aromatic heterocycles. The zero-order chi connectivity index (χ0) is 6.20. The fraction of sp³-hybridized carbons (Fsp3) is 0.600. The molecule has 0 atom stereocenters. The van der Waals surface area contributed by atoms with Gasteiger partial charge in [0.25, 0.3) is 0 Å². The first-order chi connectivity index (χ1) is 3.63. The van der Waals surface area contributed by atoms with Crippen molar-refractivity contribution in [1.29, 1.82) is 0 Å². The van der Waals surface area contributed by atoms with Gasteiger partial charge in [-0.1, -0.05) is 5.16 Å². The van der Waals surface area contributed by atoms with Crippen LogP contribution in [0.15, 0.2) is 5.16 Å². The minimum absolute atomic E-state index is 0.0718. The second-order valence-electron chi connectivity index (χ2n) is 2.20. The van der Waals surface area contributed by atoms with E-state index in [4.69, 9.17) is 0 Å². The van der Waals surface area contributed by atoms with E-state index in [2.05, 4.69) is 9.99 Å². The lowest BCUT2D eigenvalue weighted by Crippen LogP contribution is -2.28. The third-order valence-electron chi connectivity index (χ3n) is 1.04. The van der Waals surface area contributed by atoms with Crippen LogP contribution in [0.5, 0.6) is 0 Å². The number of hydrogen-bond acceptors (Lipinski definition) is 3. The van der Waals surface area contributed by atoms with Crippen molar-refractivity contribution in [2.24, 2.45) is 5.16 Å². The number of carbonyl (C=O) groups excluding carboxylic acids is 1. The zero-order valence-corrected chi connectivity index (χ0v) is 4.84. The van der Waals surface area contributed by atoms with E-state index in [0.717, 1.165) is 0 Å². The third-order valence-corrected chi connectivity index (χ3v) is 1.04. The SMILES string of the molecule is CC1(C)ON=CC1=O. The van der Waals surface area contributed by atoms with Crippen LogP contribution in [0.3, 0.4) is 0 Å². The van der Waals surface area contributed by atoms with Crippen LogP contribution < -0.4 is 0 Å². The average molecular weight is 113 g/mol. The molecule has 0 radical (unpaired) electrons. The summed E-state index contributed by atoms with van der Waals surface area (Å²) in [5.41, 5.74) is -0.708. The fourth-order valence-corrected chi connectivity index (χ4v) is 0.406. The van der Waals surface area contributed by atoms with Gasteiger partial charge in [-0.05, 0) is 13.8 Å². The van der Waals surface area contributed by atoms with Gasteiger partial charge in [0.1, 0.15) is 6.21 Å². The van der Waals surface area contributed by atoms with Crippen molar-refractivity contribution in [1.82, 2.24) is 0 Å². The molecule has 3 nitrogen and oxygen atoms in total. The second kappa shape index (κ2) is 1.31. The van der Waals surface area contributed by atoms with Crippen LogP contribution in [0.2, 0.25) is 0 Å². The smallest absolute Gasteiger partial charge is 0.222 e. The Morgan fingerprint density at radius 1 is 1.75 bits per heavy atom. The summed E-state index contributed by atoms with van der Waals surface area (Å²) >= 11 is 0. The lowest BCUT2D eigenvalue weighted by molar-refractivity contribution is -0.128. The second-order valence-corrected chi connectivity index (χ2v) is 2.20. The Kier molecular flexibility index (Phi) is 0.863. The highest BCUT2D eigenvalue weighted by atomic mass is 16.7. The number of nitrogens with zero attached hydrogens (tertiary/aromatic N) is 1. The zero-order valence-electron chi connectivity index (χ0n) is 4.84. The number of rotatable bonds is 0. The molecule has 0 amide bonds. The maximum atomic E-state index is 10.6. The maximum absolute atomic E-state index is 10.6. The van der Waals surface area contributed by atoms with Gasteiger partial charge in [-0.25, -0.2) is 0 Å². The highest BCUT2D eigenvalue weighted by Gasteiger charge is 2.32. The van der Waals surface area contributed by atoms with E-state index in [-0.39, 0.29) is 5.78 Å². The Balaban J connectivity index is 2.79. The standard InChI is InChI=1S/C5H7NO2/c1-5(2)4(7)3-6-8-5/h3H,1-2H3. The molecule has 0 unspecified atom stereocenters. The molecule has 0 saturated heterocycles. The van der Waals surface area contributed by atoms with E-state index in [1.54, 1.807) is 13.8 Å². The fourth-order valence-electron chi connectivity index (χ4n) is 0.406. The molecule has 0 bridgehead atoms. The largest absolute Gasteiger partial charge is 0.381 e. The summed E-state index contributed by atoms with van der Waals surface area (Å²) in [4.78, 5) is 15.3. The normalized spacial score (nSPS) is 23.5. The van der Waals surface area contributed by atoms with Crippen molar-refractivity contribution < 1.29 is 9.63 Å². The van der Waals surface area contributed by atoms with Gasteiger partial charge in [-0.15, -0.1) is 0 Å². The summed E-state index contributed by atoms with van der Waals surface area (Å²) in [5, 5.41) is 3.34. The molecule has 1 aliphatic rings. The molecule has 0 spiro atoms. The van der Waals surface area contributed by atoms with Gasteiger partial charge in [0.2, 0.25) is 5.78 Å². The van der Waals surface area contributed by atoms with E-state index in [9.17, 15) is 4.79 Å². The molecule has 44 valence electrons. The van der Waals surface area contributed by atoms with Crippen LogP contribution >= 0.6 is 0 Å². The molecule has 0 aromatic carbocycles. The Morgan fingerprint density at radius 3 is 2.50 bits per heavy atom. The van der Waals surface area contributed by atoms with Crippen LogP contribution in [-0.4, -0.2) is 17.6 Å². The Morgan fingerprint density at radius 2 is 2.38 bits per heavy atom. The topological polar surface area (TPSA) is 38.7 Å². The lowest BCUT2D eigenvalue weighted by Gasteiger charge is -2.10. The van der Waals surface area contributed by atoms with Gasteiger partial charge in [0.05, 0.1) is 0 Å². The molecular formula is C5H7NO2. The number of Topliss-reactive ketones (excluding diaryl/α,β-unsaturated/α-hetero) is 1. The molecule has 1 rings (SSSR count). The molecule has 0 aromatic rings. The Bertz CT molecular complexity index is 149. The minimum atomic E-state index is -0.708. The summed E-state index contributed by atoms with van der Waals surface area (Å²) in [6, 6.07) is 0. The summed E-state index contributed by atoms with van der Waals surface area (Å²) in [7, 11) is 0. The van der Waals surface area contributed by atoms with Crippen molar-refractivity contribution in [3.05, 3.63) is 0 Å². The number of oxime groups is 1. The van der Waals surface area contributed by atoms with Crippen LogP contribution in [0.1, 0.15) is 13.8 Å². The summed E-state index contributed by atoms with van der Waals surface area (Å²) in [5.74, 6) is -0.0718. The number of carbonyl (C=O) groups is 1. The maximum Gasteiger partial charge on any atom is 0.222 e. The van der Waals surface area contributed by atoms with E-state index < -0.39 is 5.60 Å². The van der Waals surface area contributed by atoms with Gasteiger partial charge >= 0.3 is 0 Å². The van der Waals surface area contributed by atoms with E-state index in [1.165, 1.54) is 6.21 Å². The number of ketones is 1. The first kappa shape index (κ1) is 5.28. The highest BCUT2D eigenvalue weighted by Crippen LogP contribution is 2.13. The van der Waals surface area contributed by atoms with E-state index >= 15 is 0 Å². The first-order valence-electron chi connectivity index (χ1n) is 2.39. The average Bonchev–Trinajstić information content (AvgIpc) is 1.86. The van der Waals surface area contributed by atoms with Crippen LogP contribution in [0, 0.1) is 0 Å². The Hall–Kier alpha value is -0.860. The molecule has 1 heterocycles. The predicted octanol–water partition coefficient (Wildman–Crippen LogP) is 0.350. The van der Waals surface area contributed by atoms with Crippen molar-refractivity contribution in [3.8, 4) is 0 Å². The molecule has 0 fully saturated rings. The monoisotopic (exact) mass is 113 g/mol. The van der Waals surface area contributed by atoms with Crippen molar-refractivity contribution >= 4 is 12.0 Å². The molecule has 8 heavy (non-hydrogen) atoms. The van der Waals surface area contributed by atoms with Gasteiger partial charge < -0.3 is 4.84 Å². The summed E-state index contributed by atoms with van der Waals surface area (Å²) in [6.45, 7) is 3.37. The molecule has 3 heteroatoms. The third kappa shape index (κ3) is 0.598. The Labute approximate surface area is 47.3 Å². The molecule has 0 aliphatic carbocycles. The van der Waals surface area contributed by atoms with Gasteiger partial charge in [-0.3, -0.25) is 4.79 Å².